The fourth-order valence-electron chi connectivity index (χ4n) is 2.09. The normalized spacial score (nSPS) is 13.4. The third-order valence-electron chi connectivity index (χ3n) is 3.05. The van der Waals surface area contributed by atoms with Crippen LogP contribution in [0, 0.1) is 12.7 Å². The minimum Gasteiger partial charge on any atom is -0.245 e. The van der Waals surface area contributed by atoms with Crippen LogP contribution in [0.2, 0.25) is 0 Å². The molecule has 0 aliphatic heterocycles. The van der Waals surface area contributed by atoms with Gasteiger partial charge in [0.2, 0.25) is 0 Å². The first-order chi connectivity index (χ1) is 9.26. The van der Waals surface area contributed by atoms with E-state index in [1.807, 2.05) is 13.8 Å². The van der Waals surface area contributed by atoms with Gasteiger partial charge in [-0.15, -0.1) is 5.10 Å². The number of aryl methyl sites for hydroxylation is 1. The molecule has 1 aromatic heterocycles. The zero-order valence-electron chi connectivity index (χ0n) is 11.5. The van der Waals surface area contributed by atoms with Crippen LogP contribution in [-0.4, -0.2) is 29.7 Å². The van der Waals surface area contributed by atoms with Crippen LogP contribution in [0.1, 0.15) is 29.8 Å². The second kappa shape index (κ2) is 5.32. The van der Waals surface area contributed by atoms with E-state index in [1.54, 1.807) is 16.9 Å². The molecule has 0 N–H and O–H groups in total. The molecule has 7 heteroatoms. The number of nitrogens with zero attached hydrogens (tertiary/aromatic N) is 3. The van der Waals surface area contributed by atoms with Gasteiger partial charge in [0.15, 0.2) is 9.84 Å². The van der Waals surface area contributed by atoms with Gasteiger partial charge in [-0.3, -0.25) is 0 Å². The van der Waals surface area contributed by atoms with Gasteiger partial charge in [-0.25, -0.2) is 17.5 Å². The van der Waals surface area contributed by atoms with Crippen molar-refractivity contribution in [2.75, 3.05) is 6.26 Å². The van der Waals surface area contributed by atoms with Crippen LogP contribution < -0.4 is 0 Å². The molecule has 1 aromatic carbocycles. The van der Waals surface area contributed by atoms with Gasteiger partial charge in [-0.2, -0.15) is 0 Å². The zero-order valence-corrected chi connectivity index (χ0v) is 12.4. The minimum absolute atomic E-state index is 0.137. The van der Waals surface area contributed by atoms with E-state index in [1.165, 1.54) is 12.1 Å². The van der Waals surface area contributed by atoms with E-state index in [0.29, 0.717) is 5.69 Å². The Balaban J connectivity index is 2.27. The lowest BCUT2D eigenvalue weighted by atomic mass is 10.0. The van der Waals surface area contributed by atoms with Crippen LogP contribution in [0.3, 0.4) is 0 Å². The third kappa shape index (κ3) is 3.41. The summed E-state index contributed by atoms with van der Waals surface area (Å²) in [7, 11) is -3.13. The van der Waals surface area contributed by atoms with E-state index in [-0.39, 0.29) is 17.6 Å². The maximum Gasteiger partial charge on any atom is 0.153 e. The van der Waals surface area contributed by atoms with Gasteiger partial charge in [0, 0.05) is 6.26 Å². The quantitative estimate of drug-likeness (QED) is 0.864. The summed E-state index contributed by atoms with van der Waals surface area (Å²) < 4.78 is 37.1. The molecule has 2 rings (SSSR count). The first kappa shape index (κ1) is 14.6. The van der Waals surface area contributed by atoms with Gasteiger partial charge in [-0.1, -0.05) is 11.3 Å². The van der Waals surface area contributed by atoms with Crippen LogP contribution in [-0.2, 0) is 15.6 Å². The lowest BCUT2D eigenvalue weighted by molar-refractivity contribution is 0.538. The first-order valence-electron chi connectivity index (χ1n) is 6.11. The minimum atomic E-state index is -3.13. The Kier molecular flexibility index (Phi) is 3.89. The van der Waals surface area contributed by atoms with Crippen LogP contribution in [0.5, 0.6) is 0 Å². The molecule has 0 saturated carbocycles. The SMILES string of the molecule is Cc1cc(F)ccc1[C@H](C)n1cc(CS(C)(=O)=O)nn1. The monoisotopic (exact) mass is 297 g/mol. The second-order valence-electron chi connectivity index (χ2n) is 4.94. The molecule has 0 fully saturated rings. The van der Waals surface area contributed by atoms with E-state index in [4.69, 9.17) is 0 Å². The molecule has 0 saturated heterocycles. The van der Waals surface area contributed by atoms with Gasteiger partial charge in [0.1, 0.15) is 5.82 Å². The van der Waals surface area contributed by atoms with Gasteiger partial charge in [0.25, 0.3) is 0 Å². The lowest BCUT2D eigenvalue weighted by Crippen LogP contribution is -2.09. The van der Waals surface area contributed by atoms with Crippen molar-refractivity contribution < 1.29 is 12.8 Å². The molecule has 1 atom stereocenters. The molecule has 0 aliphatic rings. The Morgan fingerprint density at radius 2 is 2.10 bits per heavy atom. The zero-order chi connectivity index (χ0) is 14.9. The molecule has 0 bridgehead atoms. The number of hydrogen-bond acceptors (Lipinski definition) is 4. The molecule has 5 nitrogen and oxygen atoms in total. The number of sulfone groups is 1. The maximum atomic E-state index is 13.1. The van der Waals surface area contributed by atoms with E-state index >= 15 is 0 Å². The van der Waals surface area contributed by atoms with E-state index in [2.05, 4.69) is 10.3 Å². The maximum absolute atomic E-state index is 13.1. The molecule has 0 amide bonds. The molecule has 20 heavy (non-hydrogen) atoms. The fraction of sp³-hybridized carbons (Fsp3) is 0.385. The average Bonchev–Trinajstić information content (AvgIpc) is 2.74. The van der Waals surface area contributed by atoms with Gasteiger partial charge >= 0.3 is 0 Å². The molecular formula is C13H16FN3O2S. The van der Waals surface area contributed by atoms with Crippen LogP contribution in [0.4, 0.5) is 4.39 Å². The highest BCUT2D eigenvalue weighted by Gasteiger charge is 2.15. The second-order valence-corrected chi connectivity index (χ2v) is 7.08. The number of benzene rings is 1. The van der Waals surface area contributed by atoms with E-state index in [0.717, 1.165) is 17.4 Å². The van der Waals surface area contributed by atoms with Crippen molar-refractivity contribution in [2.24, 2.45) is 0 Å². The Morgan fingerprint density at radius 1 is 1.40 bits per heavy atom. The number of halogens is 1. The standard InChI is InChI=1S/C13H16FN3O2S/c1-9-6-11(14)4-5-13(9)10(2)17-7-12(15-16-17)8-20(3,18)19/h4-7,10H,8H2,1-3H3/t10-/m0/s1. The summed E-state index contributed by atoms with van der Waals surface area (Å²) in [5.41, 5.74) is 2.14. The van der Waals surface area contributed by atoms with Gasteiger partial charge in [0.05, 0.1) is 23.7 Å². The average molecular weight is 297 g/mol. The van der Waals surface area contributed by atoms with Crippen LogP contribution >= 0.6 is 0 Å². The molecule has 0 aliphatic carbocycles. The summed E-state index contributed by atoms with van der Waals surface area (Å²) in [6.07, 6.45) is 2.76. The highest BCUT2D eigenvalue weighted by atomic mass is 32.2. The number of rotatable bonds is 4. The van der Waals surface area contributed by atoms with Crippen LogP contribution in [0.15, 0.2) is 24.4 Å². The van der Waals surface area contributed by atoms with Crippen molar-refractivity contribution in [3.63, 3.8) is 0 Å². The number of aromatic nitrogens is 3. The number of hydrogen-bond donors (Lipinski definition) is 0. The highest BCUT2D eigenvalue weighted by Crippen LogP contribution is 2.21. The molecule has 0 radical (unpaired) electrons. The van der Waals surface area contributed by atoms with Crippen molar-refractivity contribution in [2.45, 2.75) is 25.6 Å². The Labute approximate surface area is 117 Å². The van der Waals surface area contributed by atoms with Crippen molar-refractivity contribution in [1.82, 2.24) is 15.0 Å². The predicted molar refractivity (Wildman–Crippen MR) is 73.5 cm³/mol. The van der Waals surface area contributed by atoms with Crippen molar-refractivity contribution >= 4 is 9.84 Å². The predicted octanol–water partition coefficient (Wildman–Crippen LogP) is 1.88. The lowest BCUT2D eigenvalue weighted by Gasteiger charge is -2.14. The van der Waals surface area contributed by atoms with E-state index < -0.39 is 9.84 Å². The molecule has 1 heterocycles. The molecule has 2 aromatic rings. The Bertz CT molecular complexity index is 725. The van der Waals surface area contributed by atoms with Gasteiger partial charge < -0.3 is 0 Å². The van der Waals surface area contributed by atoms with Crippen LogP contribution in [0.25, 0.3) is 0 Å². The molecule has 0 spiro atoms. The largest absolute Gasteiger partial charge is 0.245 e. The van der Waals surface area contributed by atoms with Crippen molar-refractivity contribution in [1.29, 1.82) is 0 Å². The van der Waals surface area contributed by atoms with Crippen molar-refractivity contribution in [3.8, 4) is 0 Å². The smallest absolute Gasteiger partial charge is 0.153 e. The summed E-state index contributed by atoms with van der Waals surface area (Å²) in [5.74, 6) is -0.419. The first-order valence-corrected chi connectivity index (χ1v) is 8.17. The Hall–Kier alpha value is -1.76. The summed E-state index contributed by atoms with van der Waals surface area (Å²) in [6.45, 7) is 3.72. The molecule has 0 unspecified atom stereocenters. The van der Waals surface area contributed by atoms with Crippen molar-refractivity contribution in [3.05, 3.63) is 47.0 Å². The Morgan fingerprint density at radius 3 is 2.70 bits per heavy atom. The molecular weight excluding hydrogens is 281 g/mol. The third-order valence-corrected chi connectivity index (χ3v) is 3.87. The highest BCUT2D eigenvalue weighted by molar-refractivity contribution is 7.89. The molecule has 108 valence electrons. The summed E-state index contributed by atoms with van der Waals surface area (Å²) in [6, 6.07) is 4.41. The summed E-state index contributed by atoms with van der Waals surface area (Å²) in [5, 5.41) is 7.80. The fourth-order valence-corrected chi connectivity index (χ4v) is 2.76. The topological polar surface area (TPSA) is 64.8 Å². The summed E-state index contributed by atoms with van der Waals surface area (Å²) >= 11 is 0. The summed E-state index contributed by atoms with van der Waals surface area (Å²) in [4.78, 5) is 0. The van der Waals surface area contributed by atoms with E-state index in [9.17, 15) is 12.8 Å². The van der Waals surface area contributed by atoms with Gasteiger partial charge in [-0.05, 0) is 37.1 Å².